The highest BCUT2D eigenvalue weighted by Crippen LogP contribution is 2.23. The van der Waals surface area contributed by atoms with Crippen LogP contribution in [0.2, 0.25) is 0 Å². The molecule has 2 aromatic carbocycles. The molecule has 0 amide bonds. The Kier molecular flexibility index (Phi) is 3.89. The zero-order chi connectivity index (χ0) is 13.0. The lowest BCUT2D eigenvalue weighted by atomic mass is 10.1. The fourth-order valence-corrected chi connectivity index (χ4v) is 1.80. The van der Waals surface area contributed by atoms with Crippen LogP contribution in [0, 0.1) is 11.6 Å². The van der Waals surface area contributed by atoms with Crippen LogP contribution in [0.4, 0.5) is 20.2 Å². The van der Waals surface area contributed by atoms with Crippen molar-refractivity contribution < 1.29 is 8.78 Å². The fraction of sp³-hybridized carbons (Fsp3) is 0.143. The molecule has 0 saturated heterocycles. The minimum Gasteiger partial charge on any atom is -0.355 e. The summed E-state index contributed by atoms with van der Waals surface area (Å²) in [5.74, 6) is -0.640. The number of rotatable bonds is 4. The Morgan fingerprint density at radius 2 is 1.83 bits per heavy atom. The quantitative estimate of drug-likeness (QED) is 0.872. The van der Waals surface area contributed by atoms with E-state index in [9.17, 15) is 8.78 Å². The molecule has 0 aliphatic carbocycles. The largest absolute Gasteiger partial charge is 0.355 e. The van der Waals surface area contributed by atoms with Crippen molar-refractivity contribution in [2.24, 2.45) is 5.73 Å². The van der Waals surface area contributed by atoms with Gasteiger partial charge in [-0.1, -0.05) is 12.1 Å². The van der Waals surface area contributed by atoms with Gasteiger partial charge in [0.2, 0.25) is 0 Å². The molecule has 0 unspecified atom stereocenters. The predicted molar refractivity (Wildman–Crippen MR) is 68.8 cm³/mol. The molecule has 0 aliphatic rings. The molecule has 0 aliphatic heterocycles. The summed E-state index contributed by atoms with van der Waals surface area (Å²) < 4.78 is 26.7. The van der Waals surface area contributed by atoms with Gasteiger partial charge in [-0.2, -0.15) is 0 Å². The lowest BCUT2D eigenvalue weighted by molar-refractivity contribution is 0.610. The minimum absolute atomic E-state index is 0.304. The van der Waals surface area contributed by atoms with Crippen LogP contribution < -0.4 is 11.1 Å². The third-order valence-electron chi connectivity index (χ3n) is 2.62. The molecule has 0 atom stereocenters. The molecule has 94 valence electrons. The second kappa shape index (κ2) is 5.60. The van der Waals surface area contributed by atoms with Gasteiger partial charge in [-0.25, -0.2) is 8.78 Å². The molecule has 0 fully saturated rings. The zero-order valence-corrected chi connectivity index (χ0v) is 9.79. The summed E-state index contributed by atoms with van der Waals surface area (Å²) in [6.45, 7) is 0.360. The molecule has 4 heteroatoms. The van der Waals surface area contributed by atoms with Crippen LogP contribution in [-0.4, -0.2) is 6.54 Å². The lowest BCUT2D eigenvalue weighted by Crippen LogP contribution is -2.07. The van der Waals surface area contributed by atoms with Gasteiger partial charge in [-0.3, -0.25) is 0 Å². The topological polar surface area (TPSA) is 38.0 Å². The van der Waals surface area contributed by atoms with Crippen molar-refractivity contribution in [1.82, 2.24) is 0 Å². The highest BCUT2D eigenvalue weighted by Gasteiger charge is 2.07. The third kappa shape index (κ3) is 2.84. The summed E-state index contributed by atoms with van der Waals surface area (Å²) in [5.41, 5.74) is 7.18. The van der Waals surface area contributed by atoms with Gasteiger partial charge in [0.25, 0.3) is 0 Å². The standard InChI is InChI=1S/C14H14F2N2/c15-10-3-1-4-11(9-10)18-14-6-2-5-13(16)12(14)7-8-17/h1-6,9,18H,7-8,17H2. The number of benzene rings is 2. The van der Waals surface area contributed by atoms with Gasteiger partial charge in [0.05, 0.1) is 0 Å². The van der Waals surface area contributed by atoms with Gasteiger partial charge >= 0.3 is 0 Å². The molecular formula is C14H14F2N2. The fourth-order valence-electron chi connectivity index (χ4n) is 1.80. The second-order valence-electron chi connectivity index (χ2n) is 3.94. The normalized spacial score (nSPS) is 10.4. The van der Waals surface area contributed by atoms with E-state index in [1.807, 2.05) is 0 Å². The Hall–Kier alpha value is -1.94. The summed E-state index contributed by atoms with van der Waals surface area (Å²) in [6.07, 6.45) is 0.435. The van der Waals surface area contributed by atoms with Crippen LogP contribution in [0.15, 0.2) is 42.5 Å². The van der Waals surface area contributed by atoms with E-state index in [1.54, 1.807) is 24.3 Å². The van der Waals surface area contributed by atoms with E-state index in [-0.39, 0.29) is 11.6 Å². The van der Waals surface area contributed by atoms with E-state index in [0.717, 1.165) is 0 Å². The van der Waals surface area contributed by atoms with Gasteiger partial charge in [0, 0.05) is 16.9 Å². The Balaban J connectivity index is 2.31. The Morgan fingerprint density at radius 3 is 2.56 bits per heavy atom. The SMILES string of the molecule is NCCc1c(F)cccc1Nc1cccc(F)c1. The molecular weight excluding hydrogens is 234 g/mol. The molecule has 2 rings (SSSR count). The second-order valence-corrected chi connectivity index (χ2v) is 3.94. The smallest absolute Gasteiger partial charge is 0.128 e. The van der Waals surface area contributed by atoms with Crippen LogP contribution >= 0.6 is 0 Å². The van der Waals surface area contributed by atoms with Crippen LogP contribution in [0.3, 0.4) is 0 Å². The maximum atomic E-state index is 13.6. The summed E-state index contributed by atoms with van der Waals surface area (Å²) in [5, 5.41) is 3.00. The molecule has 0 aromatic heterocycles. The number of anilines is 2. The first kappa shape index (κ1) is 12.5. The zero-order valence-electron chi connectivity index (χ0n) is 9.79. The molecule has 3 N–H and O–H groups in total. The molecule has 0 radical (unpaired) electrons. The number of hydrogen-bond donors (Lipinski definition) is 2. The molecule has 0 spiro atoms. The number of nitrogens with one attached hydrogen (secondary N) is 1. The molecule has 0 bridgehead atoms. The molecule has 0 heterocycles. The van der Waals surface area contributed by atoms with E-state index in [0.29, 0.717) is 29.9 Å². The number of nitrogens with two attached hydrogens (primary N) is 1. The first-order valence-electron chi connectivity index (χ1n) is 5.71. The van der Waals surface area contributed by atoms with Crippen molar-refractivity contribution in [1.29, 1.82) is 0 Å². The van der Waals surface area contributed by atoms with Crippen molar-refractivity contribution >= 4 is 11.4 Å². The molecule has 0 saturated carbocycles. The van der Waals surface area contributed by atoms with Crippen LogP contribution in [0.1, 0.15) is 5.56 Å². The van der Waals surface area contributed by atoms with E-state index in [1.165, 1.54) is 18.2 Å². The van der Waals surface area contributed by atoms with Crippen LogP contribution in [-0.2, 0) is 6.42 Å². The Morgan fingerprint density at radius 1 is 1.06 bits per heavy atom. The number of halogens is 2. The summed E-state index contributed by atoms with van der Waals surface area (Å²) in [6, 6.07) is 10.8. The highest BCUT2D eigenvalue weighted by atomic mass is 19.1. The maximum absolute atomic E-state index is 13.6. The summed E-state index contributed by atoms with van der Waals surface area (Å²) >= 11 is 0. The van der Waals surface area contributed by atoms with Crippen LogP contribution in [0.25, 0.3) is 0 Å². The number of hydrogen-bond acceptors (Lipinski definition) is 2. The van der Waals surface area contributed by atoms with Gasteiger partial charge in [-0.15, -0.1) is 0 Å². The van der Waals surface area contributed by atoms with Crippen molar-refractivity contribution in [3.05, 3.63) is 59.7 Å². The van der Waals surface area contributed by atoms with Crippen LogP contribution in [0.5, 0.6) is 0 Å². The van der Waals surface area contributed by atoms with E-state index < -0.39 is 0 Å². The summed E-state index contributed by atoms with van der Waals surface area (Å²) in [4.78, 5) is 0. The lowest BCUT2D eigenvalue weighted by Gasteiger charge is -2.12. The molecule has 2 aromatic rings. The van der Waals surface area contributed by atoms with Crippen molar-refractivity contribution in [3.63, 3.8) is 0 Å². The maximum Gasteiger partial charge on any atom is 0.128 e. The Labute approximate surface area is 104 Å². The predicted octanol–water partition coefficient (Wildman–Crippen LogP) is 3.21. The average Bonchev–Trinajstić information content (AvgIpc) is 2.34. The molecule has 2 nitrogen and oxygen atoms in total. The van der Waals surface area contributed by atoms with Crippen molar-refractivity contribution in [3.8, 4) is 0 Å². The van der Waals surface area contributed by atoms with Gasteiger partial charge in [-0.05, 0) is 43.3 Å². The minimum atomic E-state index is -0.336. The Bertz CT molecular complexity index is 541. The molecule has 18 heavy (non-hydrogen) atoms. The van der Waals surface area contributed by atoms with Gasteiger partial charge in [0.1, 0.15) is 11.6 Å². The van der Waals surface area contributed by atoms with E-state index in [2.05, 4.69) is 5.32 Å². The van der Waals surface area contributed by atoms with E-state index in [4.69, 9.17) is 5.73 Å². The van der Waals surface area contributed by atoms with Gasteiger partial charge < -0.3 is 11.1 Å². The van der Waals surface area contributed by atoms with Crippen molar-refractivity contribution in [2.45, 2.75) is 6.42 Å². The van der Waals surface area contributed by atoms with Crippen molar-refractivity contribution in [2.75, 3.05) is 11.9 Å². The highest BCUT2D eigenvalue weighted by molar-refractivity contribution is 5.63. The van der Waals surface area contributed by atoms with Gasteiger partial charge in [0.15, 0.2) is 0 Å². The first-order valence-corrected chi connectivity index (χ1v) is 5.71. The third-order valence-corrected chi connectivity index (χ3v) is 2.62. The monoisotopic (exact) mass is 248 g/mol. The summed E-state index contributed by atoms with van der Waals surface area (Å²) in [7, 11) is 0. The first-order chi connectivity index (χ1) is 8.70. The van der Waals surface area contributed by atoms with E-state index >= 15 is 0 Å². The average molecular weight is 248 g/mol.